The van der Waals surface area contributed by atoms with Crippen LogP contribution in [0.15, 0.2) is 18.2 Å². The van der Waals surface area contributed by atoms with Crippen molar-refractivity contribution in [3.63, 3.8) is 0 Å². The van der Waals surface area contributed by atoms with E-state index in [9.17, 15) is 10.1 Å². The molecule has 0 saturated carbocycles. The summed E-state index contributed by atoms with van der Waals surface area (Å²) < 4.78 is 0. The molecule has 2 bridgehead atoms. The number of hydrogen-bond acceptors (Lipinski definition) is 3. The van der Waals surface area contributed by atoms with E-state index in [4.69, 9.17) is 0 Å². The van der Waals surface area contributed by atoms with E-state index < -0.39 is 0 Å². The number of fused-ring (bicyclic) bond motifs is 4. The SMILES string of the molecule is CC1C2Cc3ccc([N+](=O)[O-])cc3C1(C)CCN2C. The molecule has 1 aromatic rings. The topological polar surface area (TPSA) is 46.4 Å². The Morgan fingerprint density at radius 3 is 2.89 bits per heavy atom. The van der Waals surface area contributed by atoms with Crippen LogP contribution in [0.25, 0.3) is 0 Å². The van der Waals surface area contributed by atoms with Gasteiger partial charge in [0.05, 0.1) is 4.92 Å². The molecule has 3 atom stereocenters. The highest BCUT2D eigenvalue weighted by Crippen LogP contribution is 2.48. The Bertz CT molecular complexity index is 543. The maximum atomic E-state index is 11.0. The second-order valence-electron chi connectivity index (χ2n) is 6.31. The van der Waals surface area contributed by atoms with Gasteiger partial charge in [-0.1, -0.05) is 19.9 Å². The summed E-state index contributed by atoms with van der Waals surface area (Å²) in [7, 11) is 2.19. The van der Waals surface area contributed by atoms with Crippen molar-refractivity contribution in [1.29, 1.82) is 0 Å². The molecule has 0 amide bonds. The van der Waals surface area contributed by atoms with Gasteiger partial charge in [-0.3, -0.25) is 10.1 Å². The standard InChI is InChI=1S/C15H20N2O2/c1-10-14-8-11-4-5-12(17(18)19)9-13(11)15(10,2)6-7-16(14)3/h4-5,9-10,14H,6-8H2,1-3H3. The predicted molar refractivity (Wildman–Crippen MR) is 74.4 cm³/mol. The molecule has 0 aromatic heterocycles. The number of nitro groups is 1. The highest BCUT2D eigenvalue weighted by molar-refractivity contribution is 5.47. The molecule has 102 valence electrons. The number of nitro benzene ring substituents is 1. The zero-order chi connectivity index (χ0) is 13.8. The van der Waals surface area contributed by atoms with E-state index in [1.54, 1.807) is 6.07 Å². The van der Waals surface area contributed by atoms with Crippen LogP contribution in [0.5, 0.6) is 0 Å². The van der Waals surface area contributed by atoms with Crippen molar-refractivity contribution in [1.82, 2.24) is 4.90 Å². The van der Waals surface area contributed by atoms with Gasteiger partial charge in [-0.25, -0.2) is 0 Å². The zero-order valence-electron chi connectivity index (χ0n) is 11.7. The lowest BCUT2D eigenvalue weighted by Crippen LogP contribution is -2.56. The van der Waals surface area contributed by atoms with Crippen LogP contribution in [0.3, 0.4) is 0 Å². The van der Waals surface area contributed by atoms with Crippen LogP contribution in [0.2, 0.25) is 0 Å². The number of likely N-dealkylation sites (N-methyl/N-ethyl adjacent to an activating group) is 1. The molecule has 1 aromatic carbocycles. The number of likely N-dealkylation sites (tertiary alicyclic amines) is 1. The van der Waals surface area contributed by atoms with Crippen LogP contribution in [0, 0.1) is 16.0 Å². The summed E-state index contributed by atoms with van der Waals surface area (Å²) in [5.41, 5.74) is 2.81. The molecule has 3 unspecified atom stereocenters. The van der Waals surface area contributed by atoms with E-state index in [1.807, 2.05) is 12.1 Å². The number of rotatable bonds is 1. The van der Waals surface area contributed by atoms with Crippen molar-refractivity contribution in [2.24, 2.45) is 5.92 Å². The summed E-state index contributed by atoms with van der Waals surface area (Å²) in [6.45, 7) is 5.65. The fraction of sp³-hybridized carbons (Fsp3) is 0.600. The van der Waals surface area contributed by atoms with Gasteiger partial charge in [0.1, 0.15) is 0 Å². The van der Waals surface area contributed by atoms with Crippen molar-refractivity contribution >= 4 is 5.69 Å². The second kappa shape index (κ2) is 4.04. The third kappa shape index (κ3) is 1.70. The maximum absolute atomic E-state index is 11.0. The van der Waals surface area contributed by atoms with Crippen LogP contribution >= 0.6 is 0 Å². The predicted octanol–water partition coefficient (Wildman–Crippen LogP) is 2.75. The van der Waals surface area contributed by atoms with Crippen LogP contribution < -0.4 is 0 Å². The van der Waals surface area contributed by atoms with Crippen molar-refractivity contribution in [2.45, 2.75) is 38.1 Å². The Hall–Kier alpha value is -1.42. The summed E-state index contributed by atoms with van der Waals surface area (Å²) in [6, 6.07) is 5.98. The first kappa shape index (κ1) is 12.6. The van der Waals surface area contributed by atoms with E-state index in [0.717, 1.165) is 19.4 Å². The van der Waals surface area contributed by atoms with Gasteiger partial charge in [0.15, 0.2) is 0 Å². The molecule has 1 fully saturated rings. The minimum Gasteiger partial charge on any atom is -0.303 e. The molecule has 4 heteroatoms. The summed E-state index contributed by atoms with van der Waals surface area (Å²) in [4.78, 5) is 13.2. The van der Waals surface area contributed by atoms with Crippen LogP contribution in [-0.2, 0) is 11.8 Å². The molecule has 0 N–H and O–H groups in total. The molecule has 3 rings (SSSR count). The highest BCUT2D eigenvalue weighted by Gasteiger charge is 2.47. The molecule has 4 nitrogen and oxygen atoms in total. The van der Waals surface area contributed by atoms with Crippen LogP contribution in [0.4, 0.5) is 5.69 Å². The quantitative estimate of drug-likeness (QED) is 0.576. The largest absolute Gasteiger partial charge is 0.303 e. The third-order valence-electron chi connectivity index (χ3n) is 5.48. The first-order chi connectivity index (χ1) is 8.93. The molecular weight excluding hydrogens is 240 g/mol. The first-order valence-electron chi connectivity index (χ1n) is 6.91. The number of hydrogen-bond donors (Lipinski definition) is 0. The minimum atomic E-state index is -0.282. The Morgan fingerprint density at radius 2 is 2.21 bits per heavy atom. The minimum absolute atomic E-state index is 0.0801. The number of non-ortho nitro benzene ring substituents is 1. The molecule has 2 aliphatic rings. The van der Waals surface area contributed by atoms with Gasteiger partial charge in [0, 0.05) is 18.2 Å². The summed E-state index contributed by atoms with van der Waals surface area (Å²) >= 11 is 0. The molecule has 1 aliphatic heterocycles. The van der Waals surface area contributed by atoms with Gasteiger partial charge >= 0.3 is 0 Å². The summed E-state index contributed by atoms with van der Waals surface area (Å²) in [5, 5.41) is 11.0. The van der Waals surface area contributed by atoms with Crippen molar-refractivity contribution in [2.75, 3.05) is 13.6 Å². The Labute approximate surface area is 113 Å². The Balaban J connectivity index is 2.14. The first-order valence-corrected chi connectivity index (χ1v) is 6.91. The number of piperidine rings is 1. The van der Waals surface area contributed by atoms with Crippen molar-refractivity contribution in [3.05, 3.63) is 39.4 Å². The Kier molecular flexibility index (Phi) is 2.68. The second-order valence-corrected chi connectivity index (χ2v) is 6.31. The maximum Gasteiger partial charge on any atom is 0.269 e. The van der Waals surface area contributed by atoms with E-state index >= 15 is 0 Å². The molecule has 1 saturated heterocycles. The van der Waals surface area contributed by atoms with E-state index in [1.165, 1.54) is 11.1 Å². The summed E-state index contributed by atoms with van der Waals surface area (Å²) in [5.74, 6) is 0.542. The monoisotopic (exact) mass is 260 g/mol. The lowest BCUT2D eigenvalue weighted by molar-refractivity contribution is -0.385. The molecule has 19 heavy (non-hydrogen) atoms. The van der Waals surface area contributed by atoms with Gasteiger partial charge in [-0.15, -0.1) is 0 Å². The lowest BCUT2D eigenvalue weighted by atomic mass is 9.59. The van der Waals surface area contributed by atoms with E-state index in [-0.39, 0.29) is 16.0 Å². The van der Waals surface area contributed by atoms with Crippen molar-refractivity contribution in [3.8, 4) is 0 Å². The average Bonchev–Trinajstić information content (AvgIpc) is 2.38. The van der Waals surface area contributed by atoms with Gasteiger partial charge in [0.25, 0.3) is 5.69 Å². The van der Waals surface area contributed by atoms with E-state index in [2.05, 4.69) is 25.8 Å². The highest BCUT2D eigenvalue weighted by atomic mass is 16.6. The van der Waals surface area contributed by atoms with Crippen LogP contribution in [0.1, 0.15) is 31.4 Å². The normalized spacial score (nSPS) is 33.8. The van der Waals surface area contributed by atoms with Gasteiger partial charge < -0.3 is 4.90 Å². The average molecular weight is 260 g/mol. The van der Waals surface area contributed by atoms with Gasteiger partial charge in [0.2, 0.25) is 0 Å². The number of nitrogens with zero attached hydrogens (tertiary/aromatic N) is 2. The molecule has 1 aliphatic carbocycles. The molecule has 0 spiro atoms. The van der Waals surface area contributed by atoms with E-state index in [0.29, 0.717) is 12.0 Å². The fourth-order valence-electron chi connectivity index (χ4n) is 3.93. The smallest absolute Gasteiger partial charge is 0.269 e. The fourth-order valence-corrected chi connectivity index (χ4v) is 3.93. The Morgan fingerprint density at radius 1 is 1.47 bits per heavy atom. The molecule has 1 heterocycles. The van der Waals surface area contributed by atoms with Gasteiger partial charge in [-0.2, -0.15) is 0 Å². The van der Waals surface area contributed by atoms with Crippen molar-refractivity contribution < 1.29 is 4.92 Å². The molecule has 0 radical (unpaired) electrons. The molecular formula is C15H20N2O2. The zero-order valence-corrected chi connectivity index (χ0v) is 11.7. The third-order valence-corrected chi connectivity index (χ3v) is 5.48. The van der Waals surface area contributed by atoms with Crippen LogP contribution in [-0.4, -0.2) is 29.5 Å². The lowest BCUT2D eigenvalue weighted by Gasteiger charge is -2.53. The number of benzene rings is 1. The summed E-state index contributed by atoms with van der Waals surface area (Å²) in [6.07, 6.45) is 2.09. The van der Waals surface area contributed by atoms with Gasteiger partial charge in [-0.05, 0) is 48.9 Å².